The zero-order valence-corrected chi connectivity index (χ0v) is 17.4. The quantitative estimate of drug-likeness (QED) is 0.345. The lowest BCUT2D eigenvalue weighted by molar-refractivity contribution is -0.137. The lowest BCUT2D eigenvalue weighted by atomic mass is 10.1. The fourth-order valence-electron chi connectivity index (χ4n) is 2.90. The second kappa shape index (κ2) is 9.42. The third-order valence-corrected chi connectivity index (χ3v) is 4.79. The van der Waals surface area contributed by atoms with Crippen molar-refractivity contribution in [3.8, 4) is 11.5 Å². The summed E-state index contributed by atoms with van der Waals surface area (Å²) in [6.45, 7) is 2.53. The number of carbonyl (C=O) groups is 1. The Morgan fingerprint density at radius 2 is 1.89 bits per heavy atom. The van der Waals surface area contributed by atoms with E-state index in [1.54, 1.807) is 20.1 Å². The van der Waals surface area contributed by atoms with Crippen LogP contribution in [-0.4, -0.2) is 19.7 Å². The molecular weight excluding hydrogens is 420 g/mol. The van der Waals surface area contributed by atoms with Crippen molar-refractivity contribution in [1.82, 2.24) is 0 Å². The van der Waals surface area contributed by atoms with Crippen molar-refractivity contribution >= 4 is 38.7 Å². The minimum atomic E-state index is -0.381. The summed E-state index contributed by atoms with van der Waals surface area (Å²) in [6, 6.07) is 18.1. The zero-order chi connectivity index (χ0) is 19.9. The number of ether oxygens (including phenoxy) is 3. The standard InChI is InChI=1S/C23H21BrO4/c1-3-27-22(25)12-11-16-13-20(24)23(21(14-16)26-2)28-15-18-9-6-8-17-7-4-5-10-19(17)18/h4-14H,3,15H2,1-2H3/b12-11+. The van der Waals surface area contributed by atoms with E-state index in [0.717, 1.165) is 21.0 Å². The van der Waals surface area contributed by atoms with E-state index in [4.69, 9.17) is 14.2 Å². The molecule has 0 aromatic heterocycles. The smallest absolute Gasteiger partial charge is 0.330 e. The van der Waals surface area contributed by atoms with Crippen molar-refractivity contribution in [1.29, 1.82) is 0 Å². The van der Waals surface area contributed by atoms with Gasteiger partial charge in [-0.15, -0.1) is 0 Å². The van der Waals surface area contributed by atoms with Gasteiger partial charge in [0.15, 0.2) is 11.5 Å². The van der Waals surface area contributed by atoms with Gasteiger partial charge in [-0.1, -0.05) is 42.5 Å². The number of hydrogen-bond acceptors (Lipinski definition) is 4. The van der Waals surface area contributed by atoms with Crippen LogP contribution in [0, 0.1) is 0 Å². The molecule has 3 rings (SSSR count). The number of methoxy groups -OCH3 is 1. The molecule has 0 N–H and O–H groups in total. The summed E-state index contributed by atoms with van der Waals surface area (Å²) in [5.74, 6) is 0.815. The Balaban J connectivity index is 1.83. The van der Waals surface area contributed by atoms with Gasteiger partial charge in [-0.2, -0.15) is 0 Å². The summed E-state index contributed by atoms with van der Waals surface area (Å²) in [6.07, 6.45) is 3.07. The van der Waals surface area contributed by atoms with Crippen LogP contribution in [0.25, 0.3) is 16.8 Å². The highest BCUT2D eigenvalue weighted by molar-refractivity contribution is 9.10. The number of esters is 1. The molecule has 0 atom stereocenters. The molecule has 0 spiro atoms. The van der Waals surface area contributed by atoms with Crippen LogP contribution in [0.3, 0.4) is 0 Å². The Hall–Kier alpha value is -2.79. The largest absolute Gasteiger partial charge is 0.493 e. The van der Waals surface area contributed by atoms with Gasteiger partial charge in [0.05, 0.1) is 18.2 Å². The Morgan fingerprint density at radius 1 is 1.11 bits per heavy atom. The Morgan fingerprint density at radius 3 is 2.68 bits per heavy atom. The van der Waals surface area contributed by atoms with E-state index in [2.05, 4.69) is 40.2 Å². The van der Waals surface area contributed by atoms with E-state index in [9.17, 15) is 4.79 Å². The molecular formula is C23H21BrO4. The van der Waals surface area contributed by atoms with Crippen molar-refractivity contribution in [3.05, 3.63) is 76.3 Å². The molecule has 0 aliphatic rings. The molecule has 144 valence electrons. The summed E-state index contributed by atoms with van der Waals surface area (Å²) >= 11 is 3.54. The average Bonchev–Trinajstić information content (AvgIpc) is 2.71. The predicted octanol–water partition coefficient (Wildman–Crippen LogP) is 5.77. The predicted molar refractivity (Wildman–Crippen MR) is 115 cm³/mol. The molecule has 0 radical (unpaired) electrons. The highest BCUT2D eigenvalue weighted by Gasteiger charge is 2.12. The van der Waals surface area contributed by atoms with Gasteiger partial charge in [-0.05, 0) is 63.0 Å². The Labute approximate surface area is 172 Å². The number of benzene rings is 3. The Kier molecular flexibility index (Phi) is 6.71. The second-order valence-corrected chi connectivity index (χ2v) is 6.90. The molecule has 0 saturated carbocycles. The molecule has 28 heavy (non-hydrogen) atoms. The van der Waals surface area contributed by atoms with Crippen LogP contribution in [0.2, 0.25) is 0 Å². The first-order valence-electron chi connectivity index (χ1n) is 8.94. The highest BCUT2D eigenvalue weighted by Crippen LogP contribution is 2.38. The number of carbonyl (C=O) groups excluding carboxylic acids is 1. The van der Waals surface area contributed by atoms with Crippen LogP contribution < -0.4 is 9.47 Å². The summed E-state index contributed by atoms with van der Waals surface area (Å²) < 4.78 is 17.2. The molecule has 4 nitrogen and oxygen atoms in total. The summed E-state index contributed by atoms with van der Waals surface area (Å²) in [5, 5.41) is 2.34. The molecule has 5 heteroatoms. The van der Waals surface area contributed by atoms with Gasteiger partial charge >= 0.3 is 5.97 Å². The zero-order valence-electron chi connectivity index (χ0n) is 15.8. The van der Waals surface area contributed by atoms with Gasteiger partial charge in [-0.25, -0.2) is 4.79 Å². The van der Waals surface area contributed by atoms with Crippen LogP contribution in [0.1, 0.15) is 18.1 Å². The number of hydrogen-bond donors (Lipinski definition) is 0. The van der Waals surface area contributed by atoms with E-state index in [-0.39, 0.29) is 5.97 Å². The van der Waals surface area contributed by atoms with Crippen molar-refractivity contribution in [2.45, 2.75) is 13.5 Å². The first-order valence-corrected chi connectivity index (χ1v) is 9.73. The van der Waals surface area contributed by atoms with E-state index in [1.165, 1.54) is 11.5 Å². The number of fused-ring (bicyclic) bond motifs is 1. The van der Waals surface area contributed by atoms with Gasteiger partial charge in [0.2, 0.25) is 0 Å². The fraction of sp³-hybridized carbons (Fsp3) is 0.174. The minimum absolute atomic E-state index is 0.344. The average molecular weight is 441 g/mol. The molecule has 0 unspecified atom stereocenters. The van der Waals surface area contributed by atoms with Crippen molar-refractivity contribution < 1.29 is 19.0 Å². The SMILES string of the molecule is CCOC(=O)/C=C/c1cc(Br)c(OCc2cccc3ccccc23)c(OC)c1. The molecule has 0 bridgehead atoms. The van der Waals surface area contributed by atoms with Crippen LogP contribution in [0.4, 0.5) is 0 Å². The fourth-order valence-corrected chi connectivity index (χ4v) is 3.47. The minimum Gasteiger partial charge on any atom is -0.493 e. The molecule has 0 heterocycles. The third kappa shape index (κ3) is 4.73. The molecule has 0 saturated heterocycles. The maximum absolute atomic E-state index is 11.5. The first-order chi connectivity index (χ1) is 13.6. The van der Waals surface area contributed by atoms with Gasteiger partial charge < -0.3 is 14.2 Å². The van der Waals surface area contributed by atoms with Crippen LogP contribution in [0.5, 0.6) is 11.5 Å². The Bertz CT molecular complexity index is 1010. The van der Waals surface area contributed by atoms with Gasteiger partial charge in [0, 0.05) is 6.08 Å². The maximum Gasteiger partial charge on any atom is 0.330 e. The van der Waals surface area contributed by atoms with Gasteiger partial charge in [-0.3, -0.25) is 0 Å². The van der Waals surface area contributed by atoms with Crippen molar-refractivity contribution in [3.63, 3.8) is 0 Å². The normalized spacial score (nSPS) is 11.0. The second-order valence-electron chi connectivity index (χ2n) is 6.05. The summed E-state index contributed by atoms with van der Waals surface area (Å²) in [4.78, 5) is 11.5. The monoisotopic (exact) mass is 440 g/mol. The van der Waals surface area contributed by atoms with Crippen molar-refractivity contribution in [2.75, 3.05) is 13.7 Å². The summed E-state index contributed by atoms with van der Waals surface area (Å²) in [5.41, 5.74) is 1.90. The van der Waals surface area contributed by atoms with Crippen LogP contribution in [-0.2, 0) is 16.1 Å². The number of halogens is 1. The molecule has 0 aliphatic carbocycles. The van der Waals surface area contributed by atoms with Crippen LogP contribution in [0.15, 0.2) is 65.1 Å². The van der Waals surface area contributed by atoms with E-state index in [1.807, 2.05) is 30.3 Å². The summed E-state index contributed by atoms with van der Waals surface area (Å²) in [7, 11) is 1.59. The molecule has 0 amide bonds. The van der Waals surface area contributed by atoms with Gasteiger partial charge in [0.1, 0.15) is 6.61 Å². The first kappa shape index (κ1) is 20.0. The molecule has 0 fully saturated rings. The van der Waals surface area contributed by atoms with E-state index in [0.29, 0.717) is 24.7 Å². The van der Waals surface area contributed by atoms with Crippen LogP contribution >= 0.6 is 15.9 Å². The van der Waals surface area contributed by atoms with Gasteiger partial charge in [0.25, 0.3) is 0 Å². The number of rotatable bonds is 7. The lowest BCUT2D eigenvalue weighted by Gasteiger charge is -2.14. The topological polar surface area (TPSA) is 44.8 Å². The third-order valence-electron chi connectivity index (χ3n) is 4.20. The lowest BCUT2D eigenvalue weighted by Crippen LogP contribution is -2.00. The molecule has 3 aromatic carbocycles. The maximum atomic E-state index is 11.5. The highest BCUT2D eigenvalue weighted by atomic mass is 79.9. The van der Waals surface area contributed by atoms with E-state index >= 15 is 0 Å². The van der Waals surface area contributed by atoms with E-state index < -0.39 is 0 Å². The molecule has 3 aromatic rings. The molecule has 0 aliphatic heterocycles. The van der Waals surface area contributed by atoms with Crippen molar-refractivity contribution in [2.24, 2.45) is 0 Å².